The lowest BCUT2D eigenvalue weighted by molar-refractivity contribution is -0.115. The lowest BCUT2D eigenvalue weighted by Crippen LogP contribution is -2.56. The molecule has 0 atom stereocenters. The van der Waals surface area contributed by atoms with E-state index in [9.17, 15) is 14.6 Å². The van der Waals surface area contributed by atoms with Crippen molar-refractivity contribution in [1.29, 1.82) is 0 Å². The van der Waals surface area contributed by atoms with Gasteiger partial charge in [-0.2, -0.15) is 0 Å². The molecule has 0 unspecified atom stereocenters. The van der Waals surface area contributed by atoms with Crippen molar-refractivity contribution in [2.75, 3.05) is 17.7 Å². The molecule has 3 amide bonds. The fourth-order valence-electron chi connectivity index (χ4n) is 3.12. The minimum Gasteiger partial charge on any atom is -0.428 e. The highest BCUT2D eigenvalue weighted by atomic mass is 16.2. The molecule has 0 fully saturated rings. The van der Waals surface area contributed by atoms with Gasteiger partial charge in [0.2, 0.25) is 5.91 Å². The molecule has 4 rings (SSSR count). The lowest BCUT2D eigenvalue weighted by atomic mass is 9.69. The molecule has 3 aromatic rings. The van der Waals surface area contributed by atoms with Crippen LogP contribution >= 0.6 is 0 Å². The van der Waals surface area contributed by atoms with Crippen LogP contribution in [-0.4, -0.2) is 40.9 Å². The van der Waals surface area contributed by atoms with Gasteiger partial charge in [0.15, 0.2) is 0 Å². The summed E-state index contributed by atoms with van der Waals surface area (Å²) in [7, 11) is 0.521. The Hall–Kier alpha value is -3.39. The molecule has 1 aliphatic heterocycles. The molecule has 0 aliphatic carbocycles. The number of anilines is 2. The van der Waals surface area contributed by atoms with E-state index in [2.05, 4.69) is 15.6 Å². The monoisotopic (exact) mass is 360 g/mol. The number of pyridine rings is 1. The first kappa shape index (κ1) is 17.1. The summed E-state index contributed by atoms with van der Waals surface area (Å²) in [5.41, 5.74) is 2.58. The molecule has 1 aromatic heterocycles. The number of fused-ring (bicyclic) bond motifs is 2. The Labute approximate surface area is 156 Å². The van der Waals surface area contributed by atoms with E-state index in [1.54, 1.807) is 30.6 Å². The Balaban J connectivity index is 1.49. The Kier molecular flexibility index (Phi) is 4.25. The molecule has 1 aliphatic rings. The first-order valence-electron chi connectivity index (χ1n) is 8.49. The smallest absolute Gasteiger partial charge is 0.428 e. The Bertz CT molecular complexity index is 1060. The van der Waals surface area contributed by atoms with E-state index >= 15 is 0 Å². The van der Waals surface area contributed by atoms with Crippen molar-refractivity contribution in [1.82, 2.24) is 9.79 Å². The van der Waals surface area contributed by atoms with Gasteiger partial charge in [0.05, 0.1) is 6.42 Å². The lowest BCUT2D eigenvalue weighted by Gasteiger charge is -2.28. The molecule has 27 heavy (non-hydrogen) atoms. The number of urea groups is 1. The highest BCUT2D eigenvalue weighted by molar-refractivity contribution is 6.69. The topological polar surface area (TPSA) is 94.6 Å². The second-order valence-corrected chi connectivity index (χ2v) is 6.50. The summed E-state index contributed by atoms with van der Waals surface area (Å²) in [6, 6.07) is 12.4. The third-order valence-corrected chi connectivity index (χ3v) is 4.61. The molecule has 3 N–H and O–H groups in total. The number of hydrogen-bond acceptors (Lipinski definition) is 4. The third-order valence-electron chi connectivity index (χ3n) is 4.61. The van der Waals surface area contributed by atoms with E-state index < -0.39 is 7.05 Å². The zero-order valence-corrected chi connectivity index (χ0v) is 14.6. The Morgan fingerprint density at radius 2 is 2.07 bits per heavy atom. The van der Waals surface area contributed by atoms with Crippen LogP contribution in [0.5, 0.6) is 0 Å². The van der Waals surface area contributed by atoms with Gasteiger partial charge in [-0.1, -0.05) is 18.2 Å². The van der Waals surface area contributed by atoms with Gasteiger partial charge in [0, 0.05) is 36.2 Å². The van der Waals surface area contributed by atoms with Crippen molar-refractivity contribution in [3.05, 3.63) is 60.4 Å². The number of carbonyl (C=O) groups is 2. The summed E-state index contributed by atoms with van der Waals surface area (Å²) in [6.45, 7) is 0. The van der Waals surface area contributed by atoms with Crippen LogP contribution in [0, 0.1) is 0 Å². The van der Waals surface area contributed by atoms with Crippen molar-refractivity contribution < 1.29 is 14.6 Å². The molecule has 8 heteroatoms. The standard InChI is InChI=1S/C19H17BN4O3/c1-24-19(26)23-17-8-12(2-5-16(17)20(24)27)9-18(25)22-15-4-3-14-11-21-7-6-13(14)10-15/h2-8,10-11,27H,9H2,1H3,(H,22,25)(H,23,26). The molecular formula is C19H17BN4O3. The first-order chi connectivity index (χ1) is 13.0. The van der Waals surface area contributed by atoms with Crippen LogP contribution in [-0.2, 0) is 11.2 Å². The van der Waals surface area contributed by atoms with E-state index in [1.165, 1.54) is 11.9 Å². The predicted molar refractivity (Wildman–Crippen MR) is 105 cm³/mol. The molecule has 0 radical (unpaired) electrons. The molecule has 2 aromatic carbocycles. The zero-order chi connectivity index (χ0) is 19.0. The number of carbonyl (C=O) groups excluding carboxylic acids is 2. The molecule has 134 valence electrons. The minimum absolute atomic E-state index is 0.156. The van der Waals surface area contributed by atoms with Crippen LogP contribution in [0.3, 0.4) is 0 Å². The van der Waals surface area contributed by atoms with E-state index in [0.29, 0.717) is 16.8 Å². The van der Waals surface area contributed by atoms with Gasteiger partial charge >= 0.3 is 13.1 Å². The minimum atomic E-state index is -0.997. The van der Waals surface area contributed by atoms with E-state index in [4.69, 9.17) is 0 Å². The number of nitrogens with one attached hydrogen (secondary N) is 2. The Morgan fingerprint density at radius 3 is 2.93 bits per heavy atom. The van der Waals surface area contributed by atoms with Crippen LogP contribution in [0.25, 0.3) is 10.8 Å². The second kappa shape index (κ2) is 6.73. The fraction of sp³-hybridized carbons (Fsp3) is 0.105. The van der Waals surface area contributed by atoms with Gasteiger partial charge in [-0.05, 0) is 40.7 Å². The van der Waals surface area contributed by atoms with Gasteiger partial charge in [-0.25, -0.2) is 4.79 Å². The number of benzene rings is 2. The molecule has 0 saturated carbocycles. The molecule has 0 saturated heterocycles. The molecule has 0 spiro atoms. The maximum absolute atomic E-state index is 12.4. The average Bonchev–Trinajstić information content (AvgIpc) is 2.66. The van der Waals surface area contributed by atoms with Gasteiger partial charge in [0.1, 0.15) is 0 Å². The van der Waals surface area contributed by atoms with Crippen LogP contribution in [0.4, 0.5) is 16.2 Å². The van der Waals surface area contributed by atoms with Gasteiger partial charge < -0.3 is 20.5 Å². The fourth-order valence-corrected chi connectivity index (χ4v) is 3.12. The predicted octanol–water partition coefficient (Wildman–Crippen LogP) is 1.58. The summed E-state index contributed by atoms with van der Waals surface area (Å²) in [4.78, 5) is 29.5. The highest BCUT2D eigenvalue weighted by Gasteiger charge is 2.33. The van der Waals surface area contributed by atoms with E-state index in [-0.39, 0.29) is 18.4 Å². The largest absolute Gasteiger partial charge is 0.454 e. The van der Waals surface area contributed by atoms with Crippen LogP contribution < -0.4 is 16.1 Å². The van der Waals surface area contributed by atoms with E-state index in [1.807, 2.05) is 24.3 Å². The number of amides is 3. The third kappa shape index (κ3) is 3.34. The van der Waals surface area contributed by atoms with Gasteiger partial charge in [-0.15, -0.1) is 0 Å². The first-order valence-corrected chi connectivity index (χ1v) is 8.49. The van der Waals surface area contributed by atoms with Crippen molar-refractivity contribution in [3.8, 4) is 0 Å². The molecule has 0 bridgehead atoms. The van der Waals surface area contributed by atoms with E-state index in [0.717, 1.165) is 16.3 Å². The summed E-state index contributed by atoms with van der Waals surface area (Å²) < 4.78 is 0. The maximum Gasteiger partial charge on any atom is 0.454 e. The number of nitrogens with zero attached hydrogens (tertiary/aromatic N) is 2. The second-order valence-electron chi connectivity index (χ2n) is 6.50. The van der Waals surface area contributed by atoms with Crippen molar-refractivity contribution >= 4 is 46.6 Å². The van der Waals surface area contributed by atoms with Crippen molar-refractivity contribution in [2.45, 2.75) is 6.42 Å². The van der Waals surface area contributed by atoms with Gasteiger partial charge in [0.25, 0.3) is 0 Å². The summed E-state index contributed by atoms with van der Waals surface area (Å²) in [5.74, 6) is -0.164. The SMILES string of the molecule is CN1B(O)c2ccc(CC(=O)Nc3ccc4cnccc4c3)cc2NC1=O. The number of rotatable bonds is 3. The van der Waals surface area contributed by atoms with Gasteiger partial charge in [-0.3, -0.25) is 9.78 Å². The summed E-state index contributed by atoms with van der Waals surface area (Å²) in [6.07, 6.45) is 3.64. The van der Waals surface area contributed by atoms with Crippen LogP contribution in [0.2, 0.25) is 0 Å². The molecule has 7 nitrogen and oxygen atoms in total. The highest BCUT2D eigenvalue weighted by Crippen LogP contribution is 2.19. The van der Waals surface area contributed by atoms with Crippen molar-refractivity contribution in [2.24, 2.45) is 0 Å². The van der Waals surface area contributed by atoms with Crippen LogP contribution in [0.1, 0.15) is 5.56 Å². The molecule has 2 heterocycles. The van der Waals surface area contributed by atoms with Crippen molar-refractivity contribution in [3.63, 3.8) is 0 Å². The summed E-state index contributed by atoms with van der Waals surface area (Å²) >= 11 is 0. The quantitative estimate of drug-likeness (QED) is 0.618. The average molecular weight is 360 g/mol. The number of aromatic nitrogens is 1. The normalized spacial score (nSPS) is 13.3. The maximum atomic E-state index is 12.4. The Morgan fingerprint density at radius 1 is 1.22 bits per heavy atom. The van der Waals surface area contributed by atoms with Crippen LogP contribution in [0.15, 0.2) is 54.9 Å². The summed E-state index contributed by atoms with van der Waals surface area (Å²) in [5, 5.41) is 17.7. The number of hydrogen-bond donors (Lipinski definition) is 3. The zero-order valence-electron chi connectivity index (χ0n) is 14.6. The molecular weight excluding hydrogens is 343 g/mol.